The molecule has 3 rings (SSSR count). The zero-order chi connectivity index (χ0) is 18.8. The van der Waals surface area contributed by atoms with Crippen molar-refractivity contribution in [3.8, 4) is 5.75 Å². The molecular formula is C20H17NO5. The number of methoxy groups -OCH3 is 1. The molecule has 26 heavy (non-hydrogen) atoms. The largest absolute Gasteiger partial charge is 0.490 e. The highest BCUT2D eigenvalue weighted by Crippen LogP contribution is 2.32. The van der Waals surface area contributed by atoms with E-state index in [1.165, 1.54) is 19.2 Å². The smallest absolute Gasteiger partial charge is 0.343 e. The number of nitrogens with zero attached hydrogens (tertiary/aromatic N) is 1. The highest BCUT2D eigenvalue weighted by molar-refractivity contribution is 6.05. The molecule has 0 spiro atoms. The normalized spacial score (nSPS) is 15.0. The Morgan fingerprint density at radius 2 is 1.92 bits per heavy atom. The molecule has 0 saturated heterocycles. The molecule has 2 aromatic carbocycles. The van der Waals surface area contributed by atoms with Gasteiger partial charge in [0.1, 0.15) is 5.76 Å². The number of hydrogen-bond acceptors (Lipinski definition) is 5. The van der Waals surface area contributed by atoms with Crippen molar-refractivity contribution in [3.05, 3.63) is 80.4 Å². The molecule has 0 unspecified atom stereocenters. The third kappa shape index (κ3) is 3.35. The van der Waals surface area contributed by atoms with Crippen molar-refractivity contribution in [2.45, 2.75) is 13.8 Å². The van der Waals surface area contributed by atoms with Crippen LogP contribution in [0.3, 0.4) is 0 Å². The van der Waals surface area contributed by atoms with Crippen LogP contribution in [0, 0.1) is 24.0 Å². The minimum atomic E-state index is -0.523. The average Bonchev–Trinajstić information content (AvgIpc) is 2.97. The third-order valence-electron chi connectivity index (χ3n) is 4.11. The first-order valence-corrected chi connectivity index (χ1v) is 7.94. The lowest BCUT2D eigenvalue weighted by Gasteiger charge is -2.06. The van der Waals surface area contributed by atoms with E-state index in [0.29, 0.717) is 16.9 Å². The van der Waals surface area contributed by atoms with Crippen LogP contribution >= 0.6 is 0 Å². The Morgan fingerprint density at radius 1 is 1.15 bits per heavy atom. The monoisotopic (exact) mass is 351 g/mol. The van der Waals surface area contributed by atoms with Gasteiger partial charge in [-0.3, -0.25) is 10.1 Å². The third-order valence-corrected chi connectivity index (χ3v) is 4.11. The molecule has 0 amide bonds. The lowest BCUT2D eigenvalue weighted by Crippen LogP contribution is -1.98. The number of nitro groups is 1. The molecule has 0 bridgehead atoms. The summed E-state index contributed by atoms with van der Waals surface area (Å²) < 4.78 is 10.4. The van der Waals surface area contributed by atoms with Crippen LogP contribution in [0.25, 0.3) is 11.8 Å². The fraction of sp³-hybridized carbons (Fsp3) is 0.150. The Balaban J connectivity index is 2.00. The van der Waals surface area contributed by atoms with Gasteiger partial charge in [-0.05, 0) is 49.3 Å². The summed E-state index contributed by atoms with van der Waals surface area (Å²) in [6, 6.07) is 10.4. The molecule has 1 heterocycles. The Hall–Kier alpha value is -3.41. The first-order valence-electron chi connectivity index (χ1n) is 7.94. The predicted octanol–water partition coefficient (Wildman–Crippen LogP) is 4.20. The zero-order valence-corrected chi connectivity index (χ0v) is 14.6. The number of benzene rings is 2. The zero-order valence-electron chi connectivity index (χ0n) is 14.6. The van der Waals surface area contributed by atoms with Gasteiger partial charge in [0.25, 0.3) is 0 Å². The number of hydrogen-bond donors (Lipinski definition) is 0. The van der Waals surface area contributed by atoms with E-state index in [-0.39, 0.29) is 11.4 Å². The Labute approximate surface area is 150 Å². The van der Waals surface area contributed by atoms with Gasteiger partial charge in [0.05, 0.1) is 17.6 Å². The molecule has 0 radical (unpaired) electrons. The minimum Gasteiger partial charge on any atom is -0.490 e. The minimum absolute atomic E-state index is 0.160. The van der Waals surface area contributed by atoms with E-state index >= 15 is 0 Å². The van der Waals surface area contributed by atoms with Crippen LogP contribution in [0.5, 0.6) is 5.75 Å². The standard InChI is InChI=1S/C20H17NO5/c1-12-4-5-13(2)16(8-12)19-11-15(20(22)26-19)9-14-6-7-18(25-3)17(10-14)21(23)24/h4-11H,1-3H3/b15-9+. The second kappa shape index (κ2) is 6.84. The van der Waals surface area contributed by atoms with Gasteiger partial charge >= 0.3 is 11.7 Å². The van der Waals surface area contributed by atoms with Crippen molar-refractivity contribution in [2.75, 3.05) is 7.11 Å². The van der Waals surface area contributed by atoms with Crippen LogP contribution in [0.1, 0.15) is 22.3 Å². The van der Waals surface area contributed by atoms with Crippen molar-refractivity contribution in [2.24, 2.45) is 0 Å². The number of esters is 1. The lowest BCUT2D eigenvalue weighted by atomic mass is 10.0. The fourth-order valence-electron chi connectivity index (χ4n) is 2.74. The van der Waals surface area contributed by atoms with Crippen molar-refractivity contribution in [3.63, 3.8) is 0 Å². The molecule has 6 nitrogen and oxygen atoms in total. The van der Waals surface area contributed by atoms with Crippen LogP contribution in [0.2, 0.25) is 0 Å². The number of cyclic esters (lactones) is 1. The fourth-order valence-corrected chi connectivity index (χ4v) is 2.74. The van der Waals surface area contributed by atoms with E-state index in [0.717, 1.165) is 16.7 Å². The first kappa shape index (κ1) is 17.4. The summed E-state index contributed by atoms with van der Waals surface area (Å²) in [5.41, 5.74) is 3.60. The van der Waals surface area contributed by atoms with Crippen LogP contribution in [-0.4, -0.2) is 18.0 Å². The van der Waals surface area contributed by atoms with Gasteiger partial charge in [-0.2, -0.15) is 0 Å². The second-order valence-corrected chi connectivity index (χ2v) is 6.00. The maximum absolute atomic E-state index is 12.2. The molecule has 6 heteroatoms. The van der Waals surface area contributed by atoms with Crippen LogP contribution in [0.15, 0.2) is 48.0 Å². The number of nitro benzene ring substituents is 1. The first-order chi connectivity index (χ1) is 12.4. The summed E-state index contributed by atoms with van der Waals surface area (Å²) in [6.07, 6.45) is 3.22. The SMILES string of the molecule is COc1ccc(/C=C2\C=C(c3cc(C)ccc3C)OC2=O)cc1[N+](=O)[O-]. The summed E-state index contributed by atoms with van der Waals surface area (Å²) in [5, 5.41) is 11.1. The maximum atomic E-state index is 12.2. The summed E-state index contributed by atoms with van der Waals surface area (Å²) in [4.78, 5) is 22.8. The Morgan fingerprint density at radius 3 is 2.62 bits per heavy atom. The van der Waals surface area contributed by atoms with Crippen molar-refractivity contribution in [1.29, 1.82) is 0 Å². The van der Waals surface area contributed by atoms with E-state index < -0.39 is 10.9 Å². The molecule has 1 aliphatic rings. The average molecular weight is 351 g/mol. The number of rotatable bonds is 4. The van der Waals surface area contributed by atoms with Crippen molar-refractivity contribution < 1.29 is 19.2 Å². The highest BCUT2D eigenvalue weighted by Gasteiger charge is 2.23. The summed E-state index contributed by atoms with van der Waals surface area (Å²) in [5.74, 6) is 0.155. The molecule has 132 valence electrons. The van der Waals surface area contributed by atoms with Crippen molar-refractivity contribution >= 4 is 23.5 Å². The molecular weight excluding hydrogens is 334 g/mol. The summed E-state index contributed by atoms with van der Waals surface area (Å²) in [6.45, 7) is 3.91. The number of carbonyl (C=O) groups is 1. The van der Waals surface area contributed by atoms with Gasteiger partial charge in [0.15, 0.2) is 5.75 Å². The van der Waals surface area contributed by atoms with Gasteiger partial charge in [0.2, 0.25) is 0 Å². The van der Waals surface area contributed by atoms with E-state index in [4.69, 9.17) is 9.47 Å². The van der Waals surface area contributed by atoms with E-state index in [1.807, 2.05) is 32.0 Å². The topological polar surface area (TPSA) is 78.7 Å². The number of aryl methyl sites for hydroxylation is 2. The van der Waals surface area contributed by atoms with Crippen molar-refractivity contribution in [1.82, 2.24) is 0 Å². The summed E-state index contributed by atoms with van der Waals surface area (Å²) >= 11 is 0. The Kier molecular flexibility index (Phi) is 4.58. The van der Waals surface area contributed by atoms with Crippen LogP contribution < -0.4 is 4.74 Å². The van der Waals surface area contributed by atoms with Crippen LogP contribution in [-0.2, 0) is 9.53 Å². The molecule has 0 fully saturated rings. The van der Waals surface area contributed by atoms with Gasteiger partial charge in [-0.15, -0.1) is 0 Å². The quantitative estimate of drug-likeness (QED) is 0.357. The molecule has 0 saturated carbocycles. The Bertz CT molecular complexity index is 972. The maximum Gasteiger partial charge on any atom is 0.343 e. The molecule has 1 aliphatic heterocycles. The van der Waals surface area contributed by atoms with E-state index in [2.05, 4.69) is 0 Å². The molecule has 2 aromatic rings. The molecule has 0 N–H and O–H groups in total. The molecule has 0 atom stereocenters. The summed E-state index contributed by atoms with van der Waals surface area (Å²) in [7, 11) is 1.37. The highest BCUT2D eigenvalue weighted by atomic mass is 16.6. The van der Waals surface area contributed by atoms with E-state index in [9.17, 15) is 14.9 Å². The van der Waals surface area contributed by atoms with Gasteiger partial charge in [-0.1, -0.05) is 23.8 Å². The van der Waals surface area contributed by atoms with E-state index in [1.54, 1.807) is 18.2 Å². The lowest BCUT2D eigenvalue weighted by molar-refractivity contribution is -0.385. The van der Waals surface area contributed by atoms with Crippen LogP contribution in [0.4, 0.5) is 5.69 Å². The number of ether oxygens (including phenoxy) is 2. The molecule has 0 aliphatic carbocycles. The van der Waals surface area contributed by atoms with Gasteiger partial charge < -0.3 is 9.47 Å². The van der Waals surface area contributed by atoms with Gasteiger partial charge in [0, 0.05) is 11.6 Å². The molecule has 0 aromatic heterocycles. The number of carbonyl (C=O) groups excluding carboxylic acids is 1. The predicted molar refractivity (Wildman–Crippen MR) is 97.6 cm³/mol. The second-order valence-electron chi connectivity index (χ2n) is 6.00. The van der Waals surface area contributed by atoms with Gasteiger partial charge in [-0.25, -0.2) is 4.79 Å².